The van der Waals surface area contributed by atoms with Crippen molar-refractivity contribution < 1.29 is 27.8 Å². The quantitative estimate of drug-likeness (QED) is 0.488. The van der Waals surface area contributed by atoms with E-state index in [1.54, 1.807) is 12.1 Å². The summed E-state index contributed by atoms with van der Waals surface area (Å²) in [5.74, 6) is 2.37. The van der Waals surface area contributed by atoms with Gasteiger partial charge >= 0.3 is 0 Å². The molecule has 1 amide bonds. The summed E-state index contributed by atoms with van der Waals surface area (Å²) < 4.78 is 41.3. The number of pyridine rings is 1. The highest BCUT2D eigenvalue weighted by Crippen LogP contribution is 2.46. The first kappa shape index (κ1) is 27.3. The first-order valence-electron chi connectivity index (χ1n) is 14.6. The van der Waals surface area contributed by atoms with Gasteiger partial charge in [-0.2, -0.15) is 8.42 Å². The average molecular weight is 570 g/mol. The van der Waals surface area contributed by atoms with Crippen LogP contribution in [0.1, 0.15) is 69.8 Å². The Morgan fingerprint density at radius 3 is 2.60 bits per heavy atom. The molecular formula is C30H39N3O6S. The van der Waals surface area contributed by atoms with Crippen molar-refractivity contribution >= 4 is 21.7 Å². The zero-order valence-electron chi connectivity index (χ0n) is 23.0. The van der Waals surface area contributed by atoms with Crippen LogP contribution in [0.5, 0.6) is 11.5 Å². The number of nitrogens with zero attached hydrogens (tertiary/aromatic N) is 2. The lowest BCUT2D eigenvalue weighted by Gasteiger charge is -2.39. The summed E-state index contributed by atoms with van der Waals surface area (Å²) in [6.45, 7) is 2.93. The molecule has 1 aliphatic heterocycles. The van der Waals surface area contributed by atoms with Crippen LogP contribution in [-0.2, 0) is 14.8 Å². The number of benzene rings is 1. The molecule has 6 rings (SSSR count). The molecule has 9 nitrogen and oxygen atoms in total. The van der Waals surface area contributed by atoms with Crippen LogP contribution < -0.4 is 19.1 Å². The van der Waals surface area contributed by atoms with Crippen molar-refractivity contribution in [3.8, 4) is 11.5 Å². The molecule has 4 fully saturated rings. The first-order valence-corrected chi connectivity index (χ1v) is 16.1. The van der Waals surface area contributed by atoms with Gasteiger partial charge in [0.2, 0.25) is 0 Å². The molecule has 3 saturated carbocycles. The van der Waals surface area contributed by atoms with Crippen LogP contribution in [0.2, 0.25) is 0 Å². The summed E-state index contributed by atoms with van der Waals surface area (Å²) in [5, 5.41) is 9.59. The van der Waals surface area contributed by atoms with Crippen LogP contribution in [-0.4, -0.2) is 55.3 Å². The summed E-state index contributed by atoms with van der Waals surface area (Å²) >= 11 is 0. The van der Waals surface area contributed by atoms with Crippen molar-refractivity contribution in [2.45, 2.75) is 94.0 Å². The molecular weight excluding hydrogens is 530 g/mol. The third kappa shape index (κ3) is 5.79. The third-order valence-corrected chi connectivity index (χ3v) is 10.2. The first-order chi connectivity index (χ1) is 19.2. The van der Waals surface area contributed by atoms with Gasteiger partial charge in [0.15, 0.2) is 22.1 Å². The number of aromatic nitrogens is 1. The number of aryl methyl sites for hydroxylation is 1. The molecule has 3 unspecified atom stereocenters. The second-order valence-corrected chi connectivity index (χ2v) is 13.7. The van der Waals surface area contributed by atoms with Gasteiger partial charge < -0.3 is 19.5 Å². The van der Waals surface area contributed by atoms with Crippen molar-refractivity contribution in [3.63, 3.8) is 0 Å². The van der Waals surface area contributed by atoms with E-state index in [1.165, 1.54) is 38.2 Å². The maximum atomic E-state index is 13.3. The number of ether oxygens (including phenoxy) is 2. The standard InChI is InChI=1S/C30H39N3O6S/c1-20-9-12-25(38-24-11-10-21-5-2-3-6-22(21)18-24)26(17-20)39-30(14-15-30)29(35)32-40(36,37)28-8-4-7-27(31-28)33-16-13-23(34)19-33/h4,7-9,12,17,21-24,34H,2-3,5-6,10-11,13-16,18-19H2,1H3,(H,32,35)/t21?,22?,23-,24?/m0/s1. The molecule has 216 valence electrons. The Balaban J connectivity index is 1.14. The largest absolute Gasteiger partial charge is 0.487 e. The molecule has 2 N–H and O–H groups in total. The maximum absolute atomic E-state index is 13.3. The smallest absolute Gasteiger partial charge is 0.281 e. The van der Waals surface area contributed by atoms with E-state index in [4.69, 9.17) is 9.47 Å². The summed E-state index contributed by atoms with van der Waals surface area (Å²) in [6, 6.07) is 10.4. The summed E-state index contributed by atoms with van der Waals surface area (Å²) in [6.07, 6.45) is 9.57. The Morgan fingerprint density at radius 1 is 1.05 bits per heavy atom. The number of aliphatic hydroxyl groups is 1. The van der Waals surface area contributed by atoms with E-state index in [1.807, 2.05) is 30.0 Å². The molecule has 40 heavy (non-hydrogen) atoms. The van der Waals surface area contributed by atoms with E-state index in [2.05, 4.69) is 9.71 Å². The minimum absolute atomic E-state index is 0.115. The molecule has 4 atom stereocenters. The van der Waals surface area contributed by atoms with Crippen LogP contribution >= 0.6 is 0 Å². The number of β-amino-alcohol motifs (C(OH)–C–C–N with tert-alkyl or cyclic N) is 1. The van der Waals surface area contributed by atoms with Crippen molar-refractivity contribution in [3.05, 3.63) is 42.0 Å². The summed E-state index contributed by atoms with van der Waals surface area (Å²) in [5.41, 5.74) is -0.299. The van der Waals surface area contributed by atoms with Crippen molar-refractivity contribution in [2.75, 3.05) is 18.0 Å². The van der Waals surface area contributed by atoms with Gasteiger partial charge in [0.1, 0.15) is 5.82 Å². The predicted molar refractivity (Wildman–Crippen MR) is 150 cm³/mol. The van der Waals surface area contributed by atoms with Gasteiger partial charge in [-0.3, -0.25) is 4.79 Å². The lowest BCUT2D eigenvalue weighted by Crippen LogP contribution is -2.43. The highest BCUT2D eigenvalue weighted by molar-refractivity contribution is 7.90. The second kappa shape index (κ2) is 10.9. The number of hydrogen-bond acceptors (Lipinski definition) is 8. The average Bonchev–Trinajstić information content (AvgIpc) is 3.60. The summed E-state index contributed by atoms with van der Waals surface area (Å²) in [4.78, 5) is 19.4. The number of anilines is 1. The molecule has 10 heteroatoms. The Kier molecular flexibility index (Phi) is 7.41. The SMILES string of the molecule is Cc1ccc(OC2CCC3CCCCC3C2)c(OC2(C(=O)NS(=O)(=O)c3cccc(N4CC[C@H](O)C4)n3)CC2)c1. The van der Waals surface area contributed by atoms with Crippen LogP contribution in [0.15, 0.2) is 41.4 Å². The number of hydrogen-bond donors (Lipinski definition) is 2. The van der Waals surface area contributed by atoms with E-state index in [0.717, 1.165) is 30.2 Å². The number of sulfonamides is 1. The summed E-state index contributed by atoms with van der Waals surface area (Å²) in [7, 11) is -4.22. The molecule has 0 radical (unpaired) electrons. The number of fused-ring (bicyclic) bond motifs is 1. The molecule has 1 saturated heterocycles. The van der Waals surface area contributed by atoms with Crippen molar-refractivity contribution in [2.24, 2.45) is 11.8 Å². The predicted octanol–water partition coefficient (Wildman–Crippen LogP) is 4.12. The van der Waals surface area contributed by atoms with E-state index >= 15 is 0 Å². The fourth-order valence-electron chi connectivity index (χ4n) is 6.56. The highest BCUT2D eigenvalue weighted by atomic mass is 32.2. The minimum atomic E-state index is -4.22. The van der Waals surface area contributed by atoms with Gasteiger partial charge in [0.05, 0.1) is 12.2 Å². The third-order valence-electron chi connectivity index (χ3n) is 9.01. The Morgan fingerprint density at radius 2 is 1.85 bits per heavy atom. The Hall–Kier alpha value is -2.85. The topological polar surface area (TPSA) is 118 Å². The van der Waals surface area contributed by atoms with Gasteiger partial charge in [-0.25, -0.2) is 9.71 Å². The Bertz CT molecular complexity index is 1360. The van der Waals surface area contributed by atoms with Crippen molar-refractivity contribution in [1.29, 1.82) is 0 Å². The minimum Gasteiger partial charge on any atom is -0.487 e. The van der Waals surface area contributed by atoms with E-state index in [0.29, 0.717) is 49.7 Å². The van der Waals surface area contributed by atoms with E-state index < -0.39 is 27.6 Å². The zero-order chi connectivity index (χ0) is 27.9. The van der Waals surface area contributed by atoms with Gasteiger partial charge in [-0.1, -0.05) is 37.8 Å². The fourth-order valence-corrected chi connectivity index (χ4v) is 7.56. The van der Waals surface area contributed by atoms with Gasteiger partial charge in [-0.05, 0) is 74.3 Å². The Labute approximate surface area is 236 Å². The van der Waals surface area contributed by atoms with Crippen LogP contribution in [0.3, 0.4) is 0 Å². The maximum Gasteiger partial charge on any atom is 0.281 e. The zero-order valence-corrected chi connectivity index (χ0v) is 23.9. The normalized spacial score (nSPS) is 27.5. The van der Waals surface area contributed by atoms with Gasteiger partial charge in [-0.15, -0.1) is 0 Å². The van der Waals surface area contributed by atoms with Crippen LogP contribution in [0, 0.1) is 18.8 Å². The monoisotopic (exact) mass is 569 g/mol. The molecule has 2 heterocycles. The molecule has 3 aliphatic carbocycles. The van der Waals surface area contributed by atoms with E-state index in [-0.39, 0.29) is 11.1 Å². The van der Waals surface area contributed by atoms with Crippen LogP contribution in [0.4, 0.5) is 5.82 Å². The number of carbonyl (C=O) groups is 1. The van der Waals surface area contributed by atoms with Crippen LogP contribution in [0.25, 0.3) is 0 Å². The van der Waals surface area contributed by atoms with Gasteiger partial charge in [0.25, 0.3) is 15.9 Å². The number of nitrogens with one attached hydrogen (secondary N) is 1. The fraction of sp³-hybridized carbons (Fsp3) is 0.600. The van der Waals surface area contributed by atoms with E-state index in [9.17, 15) is 18.3 Å². The molecule has 0 bridgehead atoms. The lowest BCUT2D eigenvalue weighted by molar-refractivity contribution is -0.128. The number of aliphatic hydroxyl groups excluding tert-OH is 1. The number of amides is 1. The molecule has 0 spiro atoms. The number of carbonyl (C=O) groups excluding carboxylic acids is 1. The highest BCUT2D eigenvalue weighted by Gasteiger charge is 2.54. The molecule has 1 aromatic heterocycles. The lowest BCUT2D eigenvalue weighted by atomic mass is 9.70. The van der Waals surface area contributed by atoms with Gasteiger partial charge in [0, 0.05) is 25.9 Å². The number of rotatable bonds is 8. The second-order valence-electron chi connectivity index (χ2n) is 12.1. The van der Waals surface area contributed by atoms with Crippen molar-refractivity contribution in [1.82, 2.24) is 9.71 Å². The molecule has 1 aromatic carbocycles. The molecule has 4 aliphatic rings. The molecule has 2 aromatic rings.